The summed E-state index contributed by atoms with van der Waals surface area (Å²) in [7, 11) is 0. The maximum absolute atomic E-state index is 5.15. The zero-order valence-corrected chi connectivity index (χ0v) is 25.0. The van der Waals surface area contributed by atoms with Gasteiger partial charge in [0.2, 0.25) is 0 Å². The second kappa shape index (κ2) is 11.7. The minimum atomic E-state index is 0.637. The van der Waals surface area contributed by atoms with Crippen LogP contribution in [0.4, 0.5) is 0 Å². The monoisotopic (exact) mass is 594 g/mol. The molecule has 0 aliphatic heterocycles. The van der Waals surface area contributed by atoms with E-state index in [0.29, 0.717) is 17.5 Å². The summed E-state index contributed by atoms with van der Waals surface area (Å²) in [6.07, 6.45) is 0. The highest BCUT2D eigenvalue weighted by Crippen LogP contribution is 2.39. The van der Waals surface area contributed by atoms with Crippen molar-refractivity contribution in [2.75, 3.05) is 0 Å². The van der Waals surface area contributed by atoms with Crippen molar-refractivity contribution < 1.29 is 0 Å². The van der Waals surface area contributed by atoms with Crippen molar-refractivity contribution in [2.45, 2.75) is 0 Å². The maximum atomic E-state index is 5.15. The number of hydrogen-bond donors (Lipinski definition) is 0. The number of rotatable bonds is 6. The molecule has 212 valence electrons. The van der Waals surface area contributed by atoms with Crippen LogP contribution in [-0.4, -0.2) is 19.9 Å². The topological polar surface area (TPSA) is 51.6 Å². The minimum Gasteiger partial charge on any atom is -0.235 e. The molecule has 2 aromatic heterocycles. The molecule has 0 saturated heterocycles. The highest BCUT2D eigenvalue weighted by molar-refractivity contribution is 7.21. The summed E-state index contributed by atoms with van der Waals surface area (Å²) in [4.78, 5) is 19.8. The van der Waals surface area contributed by atoms with Gasteiger partial charge in [0.05, 0.1) is 10.2 Å². The fourth-order valence-electron chi connectivity index (χ4n) is 5.49. The predicted octanol–water partition coefficient (Wildman–Crippen LogP) is 10.5. The highest BCUT2D eigenvalue weighted by Gasteiger charge is 2.16. The summed E-state index contributed by atoms with van der Waals surface area (Å²) >= 11 is 1.73. The molecule has 0 bridgehead atoms. The first-order valence-electron chi connectivity index (χ1n) is 14.8. The largest absolute Gasteiger partial charge is 0.235 e. The normalized spacial score (nSPS) is 11.1. The molecule has 0 unspecified atom stereocenters. The van der Waals surface area contributed by atoms with Crippen LogP contribution in [0.25, 0.3) is 77.2 Å². The highest BCUT2D eigenvalue weighted by atomic mass is 32.1. The molecule has 8 aromatic rings. The molecule has 0 atom stereocenters. The summed E-state index contributed by atoms with van der Waals surface area (Å²) in [5, 5.41) is 1.01. The molecule has 0 aliphatic rings. The van der Waals surface area contributed by atoms with Gasteiger partial charge in [-0.15, -0.1) is 11.3 Å². The van der Waals surface area contributed by atoms with E-state index in [4.69, 9.17) is 19.9 Å². The molecule has 0 radical (unpaired) electrons. The van der Waals surface area contributed by atoms with Crippen molar-refractivity contribution in [3.8, 4) is 67.0 Å². The van der Waals surface area contributed by atoms with Gasteiger partial charge in [-0.3, -0.25) is 0 Å². The van der Waals surface area contributed by atoms with Gasteiger partial charge >= 0.3 is 0 Å². The van der Waals surface area contributed by atoms with E-state index in [0.717, 1.165) is 48.6 Å². The molecule has 0 N–H and O–H groups in total. The van der Waals surface area contributed by atoms with Crippen LogP contribution in [0.2, 0.25) is 0 Å². The van der Waals surface area contributed by atoms with Crippen LogP contribution in [0.3, 0.4) is 0 Å². The Morgan fingerprint density at radius 2 is 0.756 bits per heavy atom. The number of benzene rings is 6. The lowest BCUT2D eigenvalue weighted by Crippen LogP contribution is -2.00. The molecule has 2 heterocycles. The molecule has 0 amide bonds. The second-order valence-corrected chi connectivity index (χ2v) is 11.8. The molecular formula is C40H26N4S. The van der Waals surface area contributed by atoms with E-state index in [2.05, 4.69) is 91.0 Å². The van der Waals surface area contributed by atoms with E-state index in [1.54, 1.807) is 11.3 Å². The summed E-state index contributed by atoms with van der Waals surface area (Å²) in [6.45, 7) is 0. The van der Waals surface area contributed by atoms with Crippen LogP contribution < -0.4 is 0 Å². The van der Waals surface area contributed by atoms with Crippen LogP contribution in [0.5, 0.6) is 0 Å². The van der Waals surface area contributed by atoms with Crippen molar-refractivity contribution in [3.05, 3.63) is 158 Å². The molecule has 8 rings (SSSR count). The van der Waals surface area contributed by atoms with Gasteiger partial charge in [-0.05, 0) is 28.8 Å². The van der Waals surface area contributed by atoms with Crippen LogP contribution in [0.1, 0.15) is 0 Å². The third kappa shape index (κ3) is 5.42. The third-order valence-electron chi connectivity index (χ3n) is 7.78. The van der Waals surface area contributed by atoms with Crippen molar-refractivity contribution in [2.24, 2.45) is 0 Å². The lowest BCUT2D eigenvalue weighted by Gasteiger charge is -2.10. The molecule has 4 nitrogen and oxygen atoms in total. The van der Waals surface area contributed by atoms with E-state index in [1.165, 1.54) is 11.1 Å². The Balaban J connectivity index is 1.25. The maximum Gasteiger partial charge on any atom is 0.164 e. The number of aromatic nitrogens is 4. The Bertz CT molecular complexity index is 2170. The summed E-state index contributed by atoms with van der Waals surface area (Å²) in [6, 6.07) is 54.0. The fraction of sp³-hybridized carbons (Fsp3) is 0. The molecule has 0 saturated carbocycles. The number of nitrogens with zero attached hydrogens (tertiary/aromatic N) is 4. The minimum absolute atomic E-state index is 0.637. The van der Waals surface area contributed by atoms with Crippen molar-refractivity contribution in [3.63, 3.8) is 0 Å². The Morgan fingerprint density at radius 3 is 1.27 bits per heavy atom. The molecular weight excluding hydrogens is 569 g/mol. The molecule has 0 fully saturated rings. The van der Waals surface area contributed by atoms with E-state index in [-0.39, 0.29) is 0 Å². The molecule has 5 heteroatoms. The standard InChI is InChI=1S/C40H26N4S/c1-5-13-27(14-6-1)33-25-34(36-35(26-33)45-40(41-36)32-19-11-4-12-20-32)28-21-23-31(24-22-28)39-43-37(29-15-7-2-8-16-29)42-38(44-39)30-17-9-3-10-18-30/h1-26H. The van der Waals surface area contributed by atoms with Gasteiger partial charge in [-0.2, -0.15) is 0 Å². The van der Waals surface area contributed by atoms with Crippen molar-refractivity contribution >= 4 is 21.6 Å². The van der Waals surface area contributed by atoms with Crippen molar-refractivity contribution in [1.82, 2.24) is 19.9 Å². The van der Waals surface area contributed by atoms with Gasteiger partial charge in [0.15, 0.2) is 17.5 Å². The first-order chi connectivity index (χ1) is 22.3. The Labute approximate surface area is 265 Å². The second-order valence-electron chi connectivity index (χ2n) is 10.7. The fourth-order valence-corrected chi connectivity index (χ4v) is 6.52. The Kier molecular flexibility index (Phi) is 6.98. The molecule has 0 aliphatic carbocycles. The number of thiazole rings is 1. The van der Waals surface area contributed by atoms with Gasteiger partial charge in [0.1, 0.15) is 5.01 Å². The van der Waals surface area contributed by atoms with E-state index >= 15 is 0 Å². The first kappa shape index (κ1) is 26.8. The predicted molar refractivity (Wildman–Crippen MR) is 186 cm³/mol. The zero-order valence-electron chi connectivity index (χ0n) is 24.2. The molecule has 6 aromatic carbocycles. The van der Waals surface area contributed by atoms with Gasteiger partial charge in [-0.25, -0.2) is 19.9 Å². The summed E-state index contributed by atoms with van der Waals surface area (Å²) < 4.78 is 1.16. The average Bonchev–Trinajstić information content (AvgIpc) is 3.57. The lowest BCUT2D eigenvalue weighted by atomic mass is 9.97. The van der Waals surface area contributed by atoms with Gasteiger partial charge in [0.25, 0.3) is 0 Å². The smallest absolute Gasteiger partial charge is 0.164 e. The van der Waals surface area contributed by atoms with Gasteiger partial charge in [0, 0.05) is 27.8 Å². The first-order valence-corrected chi connectivity index (χ1v) is 15.6. The lowest BCUT2D eigenvalue weighted by molar-refractivity contribution is 1.07. The number of fused-ring (bicyclic) bond motifs is 1. The van der Waals surface area contributed by atoms with E-state index < -0.39 is 0 Å². The van der Waals surface area contributed by atoms with Crippen LogP contribution in [0, 0.1) is 0 Å². The third-order valence-corrected chi connectivity index (χ3v) is 8.83. The van der Waals surface area contributed by atoms with E-state index in [1.807, 2.05) is 66.7 Å². The van der Waals surface area contributed by atoms with Gasteiger partial charge < -0.3 is 0 Å². The SMILES string of the molecule is c1ccc(-c2cc(-c3ccc(-c4nc(-c5ccccc5)nc(-c5ccccc5)n4)cc3)c3nc(-c4ccccc4)sc3c2)cc1. The quantitative estimate of drug-likeness (QED) is 0.192. The Morgan fingerprint density at radius 1 is 0.333 bits per heavy atom. The van der Waals surface area contributed by atoms with E-state index in [9.17, 15) is 0 Å². The zero-order chi connectivity index (χ0) is 30.0. The van der Waals surface area contributed by atoms with Gasteiger partial charge in [-0.1, -0.05) is 146 Å². The Hall–Kier alpha value is -5.78. The van der Waals surface area contributed by atoms with Crippen LogP contribution in [0.15, 0.2) is 158 Å². The molecule has 0 spiro atoms. The molecule has 45 heavy (non-hydrogen) atoms. The van der Waals surface area contributed by atoms with Crippen LogP contribution in [-0.2, 0) is 0 Å². The number of hydrogen-bond acceptors (Lipinski definition) is 5. The summed E-state index contributed by atoms with van der Waals surface area (Å²) in [5.41, 5.74) is 9.49. The average molecular weight is 595 g/mol. The van der Waals surface area contributed by atoms with Crippen LogP contribution >= 0.6 is 11.3 Å². The van der Waals surface area contributed by atoms with Crippen molar-refractivity contribution in [1.29, 1.82) is 0 Å². The summed E-state index contributed by atoms with van der Waals surface area (Å²) in [5.74, 6) is 1.94.